The van der Waals surface area contributed by atoms with Crippen LogP contribution in [0, 0.1) is 0 Å². The first-order chi connectivity index (χ1) is 9.31. The highest BCUT2D eigenvalue weighted by molar-refractivity contribution is 5.83. The summed E-state index contributed by atoms with van der Waals surface area (Å²) in [5, 5.41) is 3.19. The molecule has 4 heteroatoms. The van der Waals surface area contributed by atoms with E-state index in [1.165, 1.54) is 12.8 Å². The molecule has 0 spiro atoms. The largest absolute Gasteiger partial charge is 0.353 e. The summed E-state index contributed by atoms with van der Waals surface area (Å²) in [4.78, 5) is 16.4. The molecule has 1 aromatic rings. The SMILES string of the molecule is NCCCC(C(=O)NC1CCCC1)c1ccncc1. The summed E-state index contributed by atoms with van der Waals surface area (Å²) in [7, 11) is 0. The minimum absolute atomic E-state index is 0.0906. The molecule has 1 aliphatic rings. The van der Waals surface area contributed by atoms with Gasteiger partial charge in [0.25, 0.3) is 0 Å². The maximum Gasteiger partial charge on any atom is 0.227 e. The molecular formula is C15H23N3O. The maximum absolute atomic E-state index is 12.4. The summed E-state index contributed by atoms with van der Waals surface area (Å²) in [5.74, 6) is 0.0544. The first kappa shape index (κ1) is 14.0. The Morgan fingerprint density at radius 2 is 2.05 bits per heavy atom. The van der Waals surface area contributed by atoms with Gasteiger partial charge >= 0.3 is 0 Å². The maximum atomic E-state index is 12.4. The molecule has 0 bridgehead atoms. The van der Waals surface area contributed by atoms with Gasteiger partial charge in [0.1, 0.15) is 0 Å². The molecule has 1 atom stereocenters. The molecule has 1 aromatic heterocycles. The number of rotatable bonds is 6. The van der Waals surface area contributed by atoms with Crippen molar-refractivity contribution in [2.75, 3.05) is 6.54 Å². The predicted octanol–water partition coefficient (Wildman–Crippen LogP) is 1.96. The molecule has 0 radical (unpaired) electrons. The van der Waals surface area contributed by atoms with Crippen molar-refractivity contribution in [3.63, 3.8) is 0 Å². The predicted molar refractivity (Wildman–Crippen MR) is 75.7 cm³/mol. The van der Waals surface area contributed by atoms with Crippen LogP contribution in [0.25, 0.3) is 0 Å². The number of pyridine rings is 1. The highest BCUT2D eigenvalue weighted by Gasteiger charge is 2.24. The molecule has 1 heterocycles. The highest BCUT2D eigenvalue weighted by Crippen LogP contribution is 2.23. The van der Waals surface area contributed by atoms with Crippen LogP contribution in [0.3, 0.4) is 0 Å². The third-order valence-corrected chi connectivity index (χ3v) is 3.82. The molecule has 1 saturated carbocycles. The van der Waals surface area contributed by atoms with Crippen LogP contribution in [0.5, 0.6) is 0 Å². The van der Waals surface area contributed by atoms with Gasteiger partial charge in [-0.15, -0.1) is 0 Å². The molecule has 1 amide bonds. The standard InChI is InChI=1S/C15H23N3O/c16-9-3-6-14(12-7-10-17-11-8-12)15(19)18-13-4-1-2-5-13/h7-8,10-11,13-14H,1-6,9,16H2,(H,18,19). The Bertz CT molecular complexity index is 388. The lowest BCUT2D eigenvalue weighted by Crippen LogP contribution is -2.36. The van der Waals surface area contributed by atoms with Crippen molar-refractivity contribution >= 4 is 5.91 Å². The summed E-state index contributed by atoms with van der Waals surface area (Å²) in [5.41, 5.74) is 6.62. The number of nitrogens with one attached hydrogen (secondary N) is 1. The monoisotopic (exact) mass is 261 g/mol. The highest BCUT2D eigenvalue weighted by atomic mass is 16.1. The molecule has 104 valence electrons. The van der Waals surface area contributed by atoms with Crippen molar-refractivity contribution in [1.29, 1.82) is 0 Å². The van der Waals surface area contributed by atoms with Crippen molar-refractivity contribution in [2.45, 2.75) is 50.5 Å². The third kappa shape index (κ3) is 4.03. The molecular weight excluding hydrogens is 238 g/mol. The van der Waals surface area contributed by atoms with Gasteiger partial charge in [0.05, 0.1) is 5.92 Å². The summed E-state index contributed by atoms with van der Waals surface area (Å²) >= 11 is 0. The topological polar surface area (TPSA) is 68.0 Å². The zero-order valence-electron chi connectivity index (χ0n) is 11.3. The van der Waals surface area contributed by atoms with Crippen LogP contribution >= 0.6 is 0 Å². The zero-order valence-corrected chi connectivity index (χ0v) is 11.3. The van der Waals surface area contributed by atoms with Gasteiger partial charge in [-0.3, -0.25) is 9.78 Å². The van der Waals surface area contributed by atoms with Gasteiger partial charge < -0.3 is 11.1 Å². The van der Waals surface area contributed by atoms with Gasteiger partial charge in [-0.1, -0.05) is 12.8 Å². The fraction of sp³-hybridized carbons (Fsp3) is 0.600. The lowest BCUT2D eigenvalue weighted by atomic mass is 9.93. The second-order valence-electron chi connectivity index (χ2n) is 5.25. The first-order valence-electron chi connectivity index (χ1n) is 7.21. The molecule has 0 saturated heterocycles. The molecule has 0 aromatic carbocycles. The van der Waals surface area contributed by atoms with Gasteiger partial charge in [0, 0.05) is 18.4 Å². The van der Waals surface area contributed by atoms with Gasteiger partial charge in [0.15, 0.2) is 0 Å². The molecule has 3 N–H and O–H groups in total. The van der Waals surface area contributed by atoms with E-state index in [-0.39, 0.29) is 11.8 Å². The van der Waals surface area contributed by atoms with Crippen molar-refractivity contribution in [1.82, 2.24) is 10.3 Å². The van der Waals surface area contributed by atoms with Crippen molar-refractivity contribution < 1.29 is 4.79 Å². The van der Waals surface area contributed by atoms with Crippen LogP contribution in [-0.2, 0) is 4.79 Å². The molecule has 1 fully saturated rings. The minimum Gasteiger partial charge on any atom is -0.353 e. The molecule has 4 nitrogen and oxygen atoms in total. The van der Waals surface area contributed by atoms with Gasteiger partial charge in [0.2, 0.25) is 5.91 Å². The summed E-state index contributed by atoms with van der Waals surface area (Å²) in [6, 6.07) is 4.22. The fourth-order valence-corrected chi connectivity index (χ4v) is 2.74. The summed E-state index contributed by atoms with van der Waals surface area (Å²) < 4.78 is 0. The van der Waals surface area contributed by atoms with E-state index in [1.54, 1.807) is 12.4 Å². The molecule has 1 aliphatic carbocycles. The van der Waals surface area contributed by atoms with E-state index >= 15 is 0 Å². The van der Waals surface area contributed by atoms with E-state index in [4.69, 9.17) is 5.73 Å². The van der Waals surface area contributed by atoms with Crippen LogP contribution in [0.2, 0.25) is 0 Å². The van der Waals surface area contributed by atoms with Crippen molar-refractivity contribution in [3.8, 4) is 0 Å². The summed E-state index contributed by atoms with van der Waals surface area (Å²) in [6.07, 6.45) is 9.85. The normalized spacial score (nSPS) is 17.3. The Labute approximate surface area is 114 Å². The molecule has 19 heavy (non-hydrogen) atoms. The van der Waals surface area contributed by atoms with Crippen LogP contribution in [-0.4, -0.2) is 23.5 Å². The molecule has 2 rings (SSSR count). The Kier molecular flexibility index (Phi) is 5.33. The van der Waals surface area contributed by atoms with E-state index in [1.807, 2.05) is 12.1 Å². The quantitative estimate of drug-likeness (QED) is 0.822. The molecule has 0 aliphatic heterocycles. The number of aromatic nitrogens is 1. The van der Waals surface area contributed by atoms with Crippen LogP contribution in [0.4, 0.5) is 0 Å². The second-order valence-corrected chi connectivity index (χ2v) is 5.25. The number of nitrogens with two attached hydrogens (primary N) is 1. The van der Waals surface area contributed by atoms with E-state index < -0.39 is 0 Å². The number of carbonyl (C=O) groups excluding carboxylic acids is 1. The van der Waals surface area contributed by atoms with Crippen LogP contribution in [0.1, 0.15) is 50.0 Å². The number of carbonyl (C=O) groups is 1. The van der Waals surface area contributed by atoms with Crippen molar-refractivity contribution in [3.05, 3.63) is 30.1 Å². The van der Waals surface area contributed by atoms with E-state index in [2.05, 4.69) is 10.3 Å². The lowest BCUT2D eigenvalue weighted by molar-refractivity contribution is -0.123. The first-order valence-corrected chi connectivity index (χ1v) is 7.21. The summed E-state index contributed by atoms with van der Waals surface area (Å²) in [6.45, 7) is 0.623. The van der Waals surface area contributed by atoms with E-state index in [0.29, 0.717) is 12.6 Å². The number of amides is 1. The second kappa shape index (κ2) is 7.24. The Balaban J connectivity index is 2.01. The lowest BCUT2D eigenvalue weighted by Gasteiger charge is -2.20. The number of hydrogen-bond acceptors (Lipinski definition) is 3. The van der Waals surface area contributed by atoms with E-state index in [0.717, 1.165) is 31.2 Å². The smallest absolute Gasteiger partial charge is 0.227 e. The Morgan fingerprint density at radius 1 is 1.37 bits per heavy atom. The van der Waals surface area contributed by atoms with Gasteiger partial charge in [-0.05, 0) is 49.9 Å². The Hall–Kier alpha value is -1.42. The average molecular weight is 261 g/mol. The number of hydrogen-bond donors (Lipinski definition) is 2. The number of nitrogens with zero attached hydrogens (tertiary/aromatic N) is 1. The van der Waals surface area contributed by atoms with Crippen molar-refractivity contribution in [2.24, 2.45) is 5.73 Å². The van der Waals surface area contributed by atoms with Crippen LogP contribution in [0.15, 0.2) is 24.5 Å². The zero-order chi connectivity index (χ0) is 13.5. The van der Waals surface area contributed by atoms with Gasteiger partial charge in [-0.2, -0.15) is 0 Å². The molecule has 1 unspecified atom stereocenters. The fourth-order valence-electron chi connectivity index (χ4n) is 2.74. The van der Waals surface area contributed by atoms with Gasteiger partial charge in [-0.25, -0.2) is 0 Å². The van der Waals surface area contributed by atoms with Crippen LogP contribution < -0.4 is 11.1 Å². The average Bonchev–Trinajstić information content (AvgIpc) is 2.93. The minimum atomic E-state index is -0.0906. The van der Waals surface area contributed by atoms with E-state index in [9.17, 15) is 4.79 Å². The Morgan fingerprint density at radius 3 is 2.68 bits per heavy atom. The third-order valence-electron chi connectivity index (χ3n) is 3.82.